The number of hydrogen-bond donors (Lipinski definition) is 2. The fourth-order valence-electron chi connectivity index (χ4n) is 1.74. The Kier molecular flexibility index (Phi) is 3.23. The van der Waals surface area contributed by atoms with E-state index >= 15 is 0 Å². The topological polar surface area (TPSA) is 68.0 Å². The molecule has 0 spiro atoms. The van der Waals surface area contributed by atoms with Crippen molar-refractivity contribution in [2.24, 2.45) is 11.1 Å². The Labute approximate surface area is 106 Å². The predicted octanol–water partition coefficient (Wildman–Crippen LogP) is 1.94. The lowest BCUT2D eigenvalue weighted by Gasteiger charge is -2.15. The summed E-state index contributed by atoms with van der Waals surface area (Å²) in [5, 5.41) is 3.59. The summed E-state index contributed by atoms with van der Waals surface area (Å²) < 4.78 is 0. The van der Waals surface area contributed by atoms with Crippen LogP contribution in [-0.4, -0.2) is 16.9 Å². The first-order valence-corrected chi connectivity index (χ1v) is 6.73. The number of carbonyl (C=O) groups excluding carboxylic acids is 1. The number of rotatable bonds is 1. The second-order valence-corrected chi connectivity index (χ2v) is 6.68. The van der Waals surface area contributed by atoms with Gasteiger partial charge in [-0.2, -0.15) is 0 Å². The number of aromatic nitrogens is 1. The zero-order valence-electron chi connectivity index (χ0n) is 10.5. The average Bonchev–Trinajstić information content (AvgIpc) is 2.57. The van der Waals surface area contributed by atoms with Crippen molar-refractivity contribution in [2.75, 3.05) is 5.32 Å². The molecular weight excluding hydrogens is 234 g/mol. The van der Waals surface area contributed by atoms with Gasteiger partial charge in [-0.05, 0) is 19.3 Å². The highest BCUT2D eigenvalue weighted by Crippen LogP contribution is 2.30. The van der Waals surface area contributed by atoms with Gasteiger partial charge in [0.15, 0.2) is 5.13 Å². The highest BCUT2D eigenvalue weighted by atomic mass is 32.1. The van der Waals surface area contributed by atoms with Crippen LogP contribution in [0.4, 0.5) is 5.13 Å². The number of nitrogens with two attached hydrogens (primary N) is 1. The van der Waals surface area contributed by atoms with E-state index in [1.165, 1.54) is 4.88 Å². The number of amides is 1. The molecule has 1 aliphatic rings. The van der Waals surface area contributed by atoms with Crippen molar-refractivity contribution >= 4 is 22.4 Å². The van der Waals surface area contributed by atoms with E-state index < -0.39 is 0 Å². The van der Waals surface area contributed by atoms with Crippen LogP contribution in [0, 0.1) is 5.41 Å². The number of fused-ring (bicyclic) bond motifs is 1. The Bertz CT molecular complexity index is 433. The lowest BCUT2D eigenvalue weighted by molar-refractivity contribution is -0.123. The summed E-state index contributed by atoms with van der Waals surface area (Å²) in [5.41, 5.74) is 6.65. The average molecular weight is 253 g/mol. The Morgan fingerprint density at radius 1 is 1.53 bits per heavy atom. The lowest BCUT2D eigenvalue weighted by atomic mass is 9.96. The Morgan fingerprint density at radius 3 is 2.88 bits per heavy atom. The molecular formula is C12H19N3OS. The van der Waals surface area contributed by atoms with Crippen LogP contribution in [0.2, 0.25) is 0 Å². The van der Waals surface area contributed by atoms with Gasteiger partial charge in [-0.1, -0.05) is 20.8 Å². The third kappa shape index (κ3) is 2.84. The molecule has 0 saturated carbocycles. The molecule has 94 valence electrons. The molecule has 0 radical (unpaired) electrons. The maximum absolute atomic E-state index is 11.8. The summed E-state index contributed by atoms with van der Waals surface area (Å²) >= 11 is 1.56. The van der Waals surface area contributed by atoms with Crippen LogP contribution in [0.1, 0.15) is 37.8 Å². The van der Waals surface area contributed by atoms with Gasteiger partial charge in [-0.3, -0.25) is 4.79 Å². The van der Waals surface area contributed by atoms with E-state index in [2.05, 4.69) is 10.3 Å². The van der Waals surface area contributed by atoms with E-state index in [1.54, 1.807) is 11.3 Å². The van der Waals surface area contributed by atoms with Gasteiger partial charge in [0.2, 0.25) is 5.91 Å². The summed E-state index contributed by atoms with van der Waals surface area (Å²) in [7, 11) is 0. The van der Waals surface area contributed by atoms with Crippen molar-refractivity contribution in [1.29, 1.82) is 0 Å². The number of aryl methyl sites for hydroxylation is 1. The minimum atomic E-state index is -0.386. The van der Waals surface area contributed by atoms with E-state index in [0.29, 0.717) is 5.13 Å². The number of anilines is 1. The highest BCUT2D eigenvalue weighted by Gasteiger charge is 2.24. The summed E-state index contributed by atoms with van der Waals surface area (Å²) in [6.45, 7) is 5.68. The van der Waals surface area contributed by atoms with Gasteiger partial charge in [0, 0.05) is 16.3 Å². The summed E-state index contributed by atoms with van der Waals surface area (Å²) in [4.78, 5) is 17.5. The van der Waals surface area contributed by atoms with Gasteiger partial charge >= 0.3 is 0 Å². The van der Waals surface area contributed by atoms with Gasteiger partial charge in [-0.15, -0.1) is 11.3 Å². The van der Waals surface area contributed by atoms with E-state index in [-0.39, 0.29) is 17.4 Å². The van der Waals surface area contributed by atoms with Gasteiger partial charge in [0.1, 0.15) is 0 Å². The van der Waals surface area contributed by atoms with Crippen LogP contribution >= 0.6 is 11.3 Å². The van der Waals surface area contributed by atoms with Crippen LogP contribution < -0.4 is 11.1 Å². The van der Waals surface area contributed by atoms with Crippen molar-refractivity contribution in [3.05, 3.63) is 10.6 Å². The van der Waals surface area contributed by atoms with Crippen molar-refractivity contribution in [3.8, 4) is 0 Å². The number of carbonyl (C=O) groups is 1. The predicted molar refractivity (Wildman–Crippen MR) is 70.2 cm³/mol. The molecule has 1 atom stereocenters. The molecule has 17 heavy (non-hydrogen) atoms. The molecule has 5 heteroatoms. The van der Waals surface area contributed by atoms with E-state index in [0.717, 1.165) is 25.0 Å². The summed E-state index contributed by atoms with van der Waals surface area (Å²) in [6, 6.07) is 0.245. The molecule has 0 bridgehead atoms. The Morgan fingerprint density at radius 2 is 2.24 bits per heavy atom. The minimum Gasteiger partial charge on any atom is -0.327 e. The third-order valence-corrected chi connectivity index (χ3v) is 3.91. The van der Waals surface area contributed by atoms with Crippen molar-refractivity contribution in [2.45, 2.75) is 46.1 Å². The molecule has 1 amide bonds. The zero-order valence-corrected chi connectivity index (χ0v) is 11.4. The molecule has 0 unspecified atom stereocenters. The van der Waals surface area contributed by atoms with Gasteiger partial charge in [0.25, 0.3) is 0 Å². The third-order valence-electron chi connectivity index (χ3n) is 2.88. The Balaban J connectivity index is 2.11. The first-order valence-electron chi connectivity index (χ1n) is 5.92. The molecule has 0 aliphatic heterocycles. The van der Waals surface area contributed by atoms with E-state index in [1.807, 2.05) is 20.8 Å². The summed E-state index contributed by atoms with van der Waals surface area (Å²) in [5.74, 6) is 0.00731. The van der Waals surface area contributed by atoms with Crippen LogP contribution in [0.3, 0.4) is 0 Å². The van der Waals surface area contributed by atoms with Gasteiger partial charge in [0.05, 0.1) is 5.69 Å². The fourth-order valence-corrected chi connectivity index (χ4v) is 2.83. The monoisotopic (exact) mass is 253 g/mol. The fraction of sp³-hybridized carbons (Fsp3) is 0.667. The molecule has 1 aromatic heterocycles. The standard InChI is InChI=1S/C12H19N3OS/c1-12(2,3)10(16)15-11-14-8-5-4-7(13)6-9(8)17-11/h7H,4-6,13H2,1-3H3,(H,14,15,16)/t7-/m0/s1. The quantitative estimate of drug-likeness (QED) is 0.803. The Hall–Kier alpha value is -0.940. The normalized spacial score (nSPS) is 19.9. The van der Waals surface area contributed by atoms with Crippen LogP contribution in [-0.2, 0) is 17.6 Å². The number of nitrogens with one attached hydrogen (secondary N) is 1. The maximum Gasteiger partial charge on any atom is 0.231 e. The van der Waals surface area contributed by atoms with Crippen LogP contribution in [0.5, 0.6) is 0 Å². The van der Waals surface area contributed by atoms with Crippen LogP contribution in [0.15, 0.2) is 0 Å². The molecule has 1 aromatic rings. The number of hydrogen-bond acceptors (Lipinski definition) is 4. The molecule has 1 heterocycles. The molecule has 2 rings (SSSR count). The SMILES string of the molecule is CC(C)(C)C(=O)Nc1nc2c(s1)C[C@@H](N)CC2. The molecule has 3 N–H and O–H groups in total. The zero-order chi connectivity index (χ0) is 12.6. The summed E-state index contributed by atoms with van der Waals surface area (Å²) in [6.07, 6.45) is 2.81. The van der Waals surface area contributed by atoms with E-state index in [9.17, 15) is 4.79 Å². The lowest BCUT2D eigenvalue weighted by Crippen LogP contribution is -2.27. The number of nitrogens with zero attached hydrogens (tertiary/aromatic N) is 1. The van der Waals surface area contributed by atoms with Crippen molar-refractivity contribution < 1.29 is 4.79 Å². The first kappa shape index (κ1) is 12.5. The van der Waals surface area contributed by atoms with Crippen molar-refractivity contribution in [1.82, 2.24) is 4.98 Å². The molecule has 4 nitrogen and oxygen atoms in total. The van der Waals surface area contributed by atoms with Crippen LogP contribution in [0.25, 0.3) is 0 Å². The maximum atomic E-state index is 11.8. The second kappa shape index (κ2) is 4.38. The molecule has 0 aromatic carbocycles. The van der Waals surface area contributed by atoms with Gasteiger partial charge < -0.3 is 11.1 Å². The number of thiazole rings is 1. The van der Waals surface area contributed by atoms with Gasteiger partial charge in [-0.25, -0.2) is 4.98 Å². The smallest absolute Gasteiger partial charge is 0.231 e. The first-order chi connectivity index (χ1) is 7.86. The van der Waals surface area contributed by atoms with E-state index in [4.69, 9.17) is 5.73 Å². The highest BCUT2D eigenvalue weighted by molar-refractivity contribution is 7.15. The largest absolute Gasteiger partial charge is 0.327 e. The molecule has 1 aliphatic carbocycles. The minimum absolute atomic E-state index is 0.00731. The second-order valence-electron chi connectivity index (χ2n) is 5.60. The molecule has 0 fully saturated rings. The van der Waals surface area contributed by atoms with Crippen molar-refractivity contribution in [3.63, 3.8) is 0 Å². The molecule has 0 saturated heterocycles.